The van der Waals surface area contributed by atoms with Crippen LogP contribution < -0.4 is 10.2 Å². The number of nitrogens with one attached hydrogen (secondary N) is 1. The van der Waals surface area contributed by atoms with Crippen LogP contribution in [0.25, 0.3) is 0 Å². The molecule has 0 spiro atoms. The molecule has 6 heteroatoms. The minimum atomic E-state index is -4.27. The fraction of sp³-hybridized carbons (Fsp3) is 0.600. The summed E-state index contributed by atoms with van der Waals surface area (Å²) in [4.78, 5) is 1.31. The Hall–Kier alpha value is -0.940. The first-order chi connectivity index (χ1) is 9.61. The SMILES string of the molecule is CC(C)NCc1cccc(Cl)c1N(CC(F)(F)F)C(C)C. The van der Waals surface area contributed by atoms with Crippen molar-refractivity contribution in [2.24, 2.45) is 0 Å². The summed E-state index contributed by atoms with van der Waals surface area (Å²) >= 11 is 6.18. The van der Waals surface area contributed by atoms with Crippen molar-refractivity contribution in [1.29, 1.82) is 0 Å². The van der Waals surface area contributed by atoms with Gasteiger partial charge >= 0.3 is 6.18 Å². The summed E-state index contributed by atoms with van der Waals surface area (Å²) in [5.74, 6) is 0. The van der Waals surface area contributed by atoms with Crippen LogP contribution in [0.1, 0.15) is 33.3 Å². The van der Waals surface area contributed by atoms with Gasteiger partial charge in [-0.25, -0.2) is 0 Å². The van der Waals surface area contributed by atoms with Gasteiger partial charge in [0.25, 0.3) is 0 Å². The zero-order valence-corrected chi connectivity index (χ0v) is 13.5. The predicted molar refractivity (Wildman–Crippen MR) is 82.0 cm³/mol. The third kappa shape index (κ3) is 5.75. The van der Waals surface area contributed by atoms with Crippen molar-refractivity contribution < 1.29 is 13.2 Å². The Morgan fingerprint density at radius 2 is 1.81 bits per heavy atom. The highest BCUT2D eigenvalue weighted by atomic mass is 35.5. The summed E-state index contributed by atoms with van der Waals surface area (Å²) in [7, 11) is 0. The molecule has 0 aromatic heterocycles. The second-order valence-electron chi connectivity index (χ2n) is 5.62. The largest absolute Gasteiger partial charge is 0.405 e. The quantitative estimate of drug-likeness (QED) is 0.822. The molecule has 0 heterocycles. The summed E-state index contributed by atoms with van der Waals surface area (Å²) in [5.41, 5.74) is 1.23. The van der Waals surface area contributed by atoms with Crippen molar-refractivity contribution in [2.75, 3.05) is 11.4 Å². The molecule has 0 atom stereocenters. The van der Waals surface area contributed by atoms with E-state index in [4.69, 9.17) is 11.6 Å². The molecule has 0 fully saturated rings. The number of para-hydroxylation sites is 1. The minimum Gasteiger partial charge on any atom is -0.359 e. The number of rotatable bonds is 6. The van der Waals surface area contributed by atoms with Crippen LogP contribution in [0.15, 0.2) is 18.2 Å². The zero-order valence-electron chi connectivity index (χ0n) is 12.8. The standard InChI is InChI=1S/C15H22ClF3N2/c1-10(2)20-8-12-6-5-7-13(16)14(12)21(11(3)4)9-15(17,18)19/h5-7,10-11,20H,8-9H2,1-4H3. The molecular weight excluding hydrogens is 301 g/mol. The number of benzene rings is 1. The van der Waals surface area contributed by atoms with Crippen molar-refractivity contribution in [1.82, 2.24) is 5.32 Å². The van der Waals surface area contributed by atoms with Gasteiger partial charge in [-0.15, -0.1) is 0 Å². The topological polar surface area (TPSA) is 15.3 Å². The minimum absolute atomic E-state index is 0.243. The zero-order chi connectivity index (χ0) is 16.2. The first-order valence-electron chi connectivity index (χ1n) is 6.96. The first-order valence-corrected chi connectivity index (χ1v) is 7.33. The van der Waals surface area contributed by atoms with Crippen LogP contribution in [0.2, 0.25) is 5.02 Å². The van der Waals surface area contributed by atoms with Crippen LogP contribution in [-0.4, -0.2) is 24.8 Å². The summed E-state index contributed by atoms with van der Waals surface area (Å²) in [6.45, 7) is 6.90. The average Bonchev–Trinajstić information content (AvgIpc) is 2.32. The highest BCUT2D eigenvalue weighted by molar-refractivity contribution is 6.33. The second kappa shape index (κ2) is 7.36. The first kappa shape index (κ1) is 18.1. The summed E-state index contributed by atoms with van der Waals surface area (Å²) in [6.07, 6.45) is -4.27. The van der Waals surface area contributed by atoms with Crippen molar-refractivity contribution in [2.45, 2.75) is 52.5 Å². The maximum absolute atomic E-state index is 12.8. The van der Waals surface area contributed by atoms with Gasteiger partial charge in [0.1, 0.15) is 6.54 Å². The fourth-order valence-corrected chi connectivity index (χ4v) is 2.35. The predicted octanol–water partition coefficient (Wildman–Crippen LogP) is 4.62. The van der Waals surface area contributed by atoms with E-state index in [0.29, 0.717) is 17.3 Å². The van der Waals surface area contributed by atoms with Gasteiger partial charge in [0.15, 0.2) is 0 Å². The van der Waals surface area contributed by atoms with Crippen LogP contribution in [-0.2, 0) is 6.54 Å². The van der Waals surface area contributed by atoms with E-state index in [1.165, 1.54) is 4.90 Å². The Morgan fingerprint density at radius 3 is 2.29 bits per heavy atom. The molecule has 120 valence electrons. The van der Waals surface area contributed by atoms with Gasteiger partial charge in [-0.1, -0.05) is 37.6 Å². The van der Waals surface area contributed by atoms with Crippen molar-refractivity contribution >= 4 is 17.3 Å². The molecule has 0 aliphatic carbocycles. The summed E-state index contributed by atoms with van der Waals surface area (Å²) < 4.78 is 38.5. The molecule has 0 amide bonds. The Kier molecular flexibility index (Phi) is 6.35. The van der Waals surface area contributed by atoms with Crippen LogP contribution in [0.3, 0.4) is 0 Å². The lowest BCUT2D eigenvalue weighted by Crippen LogP contribution is -2.40. The molecule has 21 heavy (non-hydrogen) atoms. The maximum Gasteiger partial charge on any atom is 0.405 e. The van der Waals surface area contributed by atoms with E-state index in [-0.39, 0.29) is 12.1 Å². The lowest BCUT2D eigenvalue weighted by atomic mass is 10.1. The van der Waals surface area contributed by atoms with Crippen molar-refractivity contribution in [3.05, 3.63) is 28.8 Å². The Bertz CT molecular complexity index is 459. The van der Waals surface area contributed by atoms with E-state index < -0.39 is 12.7 Å². The molecular formula is C15H22ClF3N2. The van der Waals surface area contributed by atoms with Crippen LogP contribution in [0, 0.1) is 0 Å². The van der Waals surface area contributed by atoms with Crippen LogP contribution in [0.4, 0.5) is 18.9 Å². The fourth-order valence-electron chi connectivity index (χ4n) is 2.05. The number of halogens is 4. The van der Waals surface area contributed by atoms with Crippen LogP contribution in [0.5, 0.6) is 0 Å². The summed E-state index contributed by atoms with van der Waals surface area (Å²) in [5, 5.41) is 3.56. The van der Waals surface area contributed by atoms with Gasteiger partial charge in [-0.3, -0.25) is 0 Å². The number of hydrogen-bond donors (Lipinski definition) is 1. The number of anilines is 1. The molecule has 0 saturated heterocycles. The molecule has 0 aliphatic rings. The Balaban J connectivity index is 3.16. The van der Waals surface area contributed by atoms with Crippen LogP contribution >= 0.6 is 11.6 Å². The second-order valence-corrected chi connectivity index (χ2v) is 6.03. The molecule has 0 saturated carbocycles. The Labute approximate surface area is 129 Å². The summed E-state index contributed by atoms with van der Waals surface area (Å²) in [6, 6.07) is 5.13. The smallest absolute Gasteiger partial charge is 0.359 e. The highest BCUT2D eigenvalue weighted by Crippen LogP contribution is 2.33. The highest BCUT2D eigenvalue weighted by Gasteiger charge is 2.33. The van der Waals surface area contributed by atoms with E-state index in [1.807, 2.05) is 19.9 Å². The van der Waals surface area contributed by atoms with E-state index in [1.54, 1.807) is 26.0 Å². The van der Waals surface area contributed by atoms with Gasteiger partial charge in [0.05, 0.1) is 10.7 Å². The monoisotopic (exact) mass is 322 g/mol. The van der Waals surface area contributed by atoms with Crippen molar-refractivity contribution in [3.63, 3.8) is 0 Å². The maximum atomic E-state index is 12.8. The number of alkyl halides is 3. The van der Waals surface area contributed by atoms with Gasteiger partial charge in [-0.05, 0) is 25.5 Å². The van der Waals surface area contributed by atoms with Crippen molar-refractivity contribution in [3.8, 4) is 0 Å². The van der Waals surface area contributed by atoms with Gasteiger partial charge in [0.2, 0.25) is 0 Å². The van der Waals surface area contributed by atoms with Gasteiger partial charge < -0.3 is 10.2 Å². The molecule has 1 N–H and O–H groups in total. The normalized spacial score (nSPS) is 12.3. The van der Waals surface area contributed by atoms with E-state index in [9.17, 15) is 13.2 Å². The lowest BCUT2D eigenvalue weighted by Gasteiger charge is -2.32. The molecule has 1 aromatic rings. The molecule has 0 radical (unpaired) electrons. The number of nitrogens with zero attached hydrogens (tertiary/aromatic N) is 1. The average molecular weight is 323 g/mol. The molecule has 1 aromatic carbocycles. The van der Waals surface area contributed by atoms with E-state index >= 15 is 0 Å². The van der Waals surface area contributed by atoms with Gasteiger partial charge in [0, 0.05) is 18.6 Å². The van der Waals surface area contributed by atoms with E-state index in [2.05, 4.69) is 5.32 Å². The third-order valence-electron chi connectivity index (χ3n) is 3.03. The van der Waals surface area contributed by atoms with Gasteiger partial charge in [-0.2, -0.15) is 13.2 Å². The molecule has 0 unspecified atom stereocenters. The molecule has 0 aliphatic heterocycles. The Morgan fingerprint density at radius 1 is 1.19 bits per heavy atom. The van der Waals surface area contributed by atoms with E-state index in [0.717, 1.165) is 5.56 Å². The third-order valence-corrected chi connectivity index (χ3v) is 3.34. The lowest BCUT2D eigenvalue weighted by molar-refractivity contribution is -0.120. The molecule has 0 bridgehead atoms. The molecule has 1 rings (SSSR count). The molecule has 2 nitrogen and oxygen atoms in total. The number of hydrogen-bond acceptors (Lipinski definition) is 2.